The summed E-state index contributed by atoms with van der Waals surface area (Å²) in [5.41, 5.74) is 6.54. The van der Waals surface area contributed by atoms with Gasteiger partial charge < -0.3 is 15.2 Å². The summed E-state index contributed by atoms with van der Waals surface area (Å²) in [4.78, 5) is 11.6. The number of amides is 1. The van der Waals surface area contributed by atoms with Crippen LogP contribution < -0.4 is 15.2 Å². The van der Waals surface area contributed by atoms with Crippen LogP contribution in [-0.2, 0) is 0 Å². The molecule has 2 aromatic rings. The van der Waals surface area contributed by atoms with E-state index in [0.29, 0.717) is 35.8 Å². The van der Waals surface area contributed by atoms with E-state index in [1.807, 2.05) is 13.8 Å². The molecule has 5 heteroatoms. The SMILES string of the molecule is CCCOc1ccc(-c2cc(OCC)ccc2F)cc1C(N)=O. The maximum absolute atomic E-state index is 14.1. The third-order valence-corrected chi connectivity index (χ3v) is 3.27. The lowest BCUT2D eigenvalue weighted by Crippen LogP contribution is -2.13. The van der Waals surface area contributed by atoms with Crippen LogP contribution >= 0.6 is 0 Å². The van der Waals surface area contributed by atoms with Crippen molar-refractivity contribution in [3.05, 3.63) is 47.8 Å². The molecule has 0 aromatic heterocycles. The summed E-state index contributed by atoms with van der Waals surface area (Å²) in [5.74, 6) is -0.0364. The maximum Gasteiger partial charge on any atom is 0.252 e. The van der Waals surface area contributed by atoms with Gasteiger partial charge in [0.05, 0.1) is 18.8 Å². The molecule has 23 heavy (non-hydrogen) atoms. The van der Waals surface area contributed by atoms with Crippen molar-refractivity contribution in [2.24, 2.45) is 5.73 Å². The third kappa shape index (κ3) is 4.00. The molecule has 2 aromatic carbocycles. The molecule has 0 heterocycles. The largest absolute Gasteiger partial charge is 0.494 e. The van der Waals surface area contributed by atoms with Gasteiger partial charge in [-0.3, -0.25) is 4.79 Å². The first kappa shape index (κ1) is 16.8. The molecule has 0 aliphatic rings. The molecule has 0 atom stereocenters. The van der Waals surface area contributed by atoms with E-state index in [0.717, 1.165) is 6.42 Å². The Kier molecular flexibility index (Phi) is 5.57. The van der Waals surface area contributed by atoms with Crippen LogP contribution in [0.5, 0.6) is 11.5 Å². The van der Waals surface area contributed by atoms with Crippen molar-refractivity contribution in [2.45, 2.75) is 20.3 Å². The Hall–Kier alpha value is -2.56. The summed E-state index contributed by atoms with van der Waals surface area (Å²) in [7, 11) is 0. The van der Waals surface area contributed by atoms with Crippen molar-refractivity contribution in [1.29, 1.82) is 0 Å². The van der Waals surface area contributed by atoms with Crippen LogP contribution in [0, 0.1) is 5.82 Å². The van der Waals surface area contributed by atoms with Gasteiger partial charge in [-0.25, -0.2) is 4.39 Å². The molecule has 0 fully saturated rings. The van der Waals surface area contributed by atoms with Gasteiger partial charge in [0.2, 0.25) is 0 Å². The van der Waals surface area contributed by atoms with Crippen molar-refractivity contribution in [2.75, 3.05) is 13.2 Å². The summed E-state index contributed by atoms with van der Waals surface area (Å²) in [6, 6.07) is 9.39. The molecule has 0 aliphatic carbocycles. The number of hydrogen-bond acceptors (Lipinski definition) is 3. The van der Waals surface area contributed by atoms with Crippen LogP contribution in [-0.4, -0.2) is 19.1 Å². The predicted molar refractivity (Wildman–Crippen MR) is 87.3 cm³/mol. The molecule has 0 aliphatic heterocycles. The fourth-order valence-corrected chi connectivity index (χ4v) is 2.21. The molecule has 0 saturated carbocycles. The van der Waals surface area contributed by atoms with Crippen LogP contribution in [0.4, 0.5) is 4.39 Å². The zero-order chi connectivity index (χ0) is 16.8. The van der Waals surface area contributed by atoms with E-state index in [-0.39, 0.29) is 5.56 Å². The van der Waals surface area contributed by atoms with E-state index in [2.05, 4.69) is 0 Å². The first-order chi connectivity index (χ1) is 11.1. The number of carbonyl (C=O) groups excluding carboxylic acids is 1. The first-order valence-corrected chi connectivity index (χ1v) is 7.56. The Labute approximate surface area is 135 Å². The normalized spacial score (nSPS) is 10.4. The summed E-state index contributed by atoms with van der Waals surface area (Å²) >= 11 is 0. The van der Waals surface area contributed by atoms with Crippen LogP contribution in [0.2, 0.25) is 0 Å². The molecule has 0 spiro atoms. The number of carbonyl (C=O) groups is 1. The van der Waals surface area contributed by atoms with Gasteiger partial charge in [-0.15, -0.1) is 0 Å². The highest BCUT2D eigenvalue weighted by Crippen LogP contribution is 2.31. The van der Waals surface area contributed by atoms with Gasteiger partial charge in [0.1, 0.15) is 17.3 Å². The minimum absolute atomic E-state index is 0.233. The Morgan fingerprint density at radius 3 is 2.57 bits per heavy atom. The molecule has 0 radical (unpaired) electrons. The van der Waals surface area contributed by atoms with E-state index in [1.54, 1.807) is 30.3 Å². The van der Waals surface area contributed by atoms with E-state index in [9.17, 15) is 9.18 Å². The number of nitrogens with two attached hydrogens (primary N) is 1. The number of halogens is 1. The van der Waals surface area contributed by atoms with Crippen molar-refractivity contribution >= 4 is 5.91 Å². The standard InChI is InChI=1S/C18H20FNO3/c1-3-9-23-17-8-5-12(10-15(17)18(20)21)14-11-13(22-4-2)6-7-16(14)19/h5-8,10-11H,3-4,9H2,1-2H3,(H2,20,21). The second-order valence-corrected chi connectivity index (χ2v) is 5.00. The smallest absolute Gasteiger partial charge is 0.252 e. The van der Waals surface area contributed by atoms with Gasteiger partial charge in [0.15, 0.2) is 0 Å². The van der Waals surface area contributed by atoms with E-state index in [1.165, 1.54) is 6.07 Å². The molecule has 4 nitrogen and oxygen atoms in total. The average molecular weight is 317 g/mol. The van der Waals surface area contributed by atoms with E-state index < -0.39 is 11.7 Å². The number of hydrogen-bond donors (Lipinski definition) is 1. The van der Waals surface area contributed by atoms with Gasteiger partial charge in [-0.05, 0) is 49.2 Å². The lowest BCUT2D eigenvalue weighted by Gasteiger charge is -2.12. The minimum atomic E-state index is -0.612. The van der Waals surface area contributed by atoms with Gasteiger partial charge in [-0.1, -0.05) is 13.0 Å². The summed E-state index contributed by atoms with van der Waals surface area (Å²) < 4.78 is 25.0. The highest BCUT2D eigenvalue weighted by atomic mass is 19.1. The number of benzene rings is 2. The first-order valence-electron chi connectivity index (χ1n) is 7.56. The maximum atomic E-state index is 14.1. The quantitative estimate of drug-likeness (QED) is 0.845. The molecule has 0 unspecified atom stereocenters. The molecule has 2 N–H and O–H groups in total. The van der Waals surface area contributed by atoms with Gasteiger partial charge >= 0.3 is 0 Å². The van der Waals surface area contributed by atoms with Crippen LogP contribution in [0.25, 0.3) is 11.1 Å². The van der Waals surface area contributed by atoms with Crippen LogP contribution in [0.1, 0.15) is 30.6 Å². The summed E-state index contributed by atoms with van der Waals surface area (Å²) in [5, 5.41) is 0. The third-order valence-electron chi connectivity index (χ3n) is 3.27. The van der Waals surface area contributed by atoms with Crippen molar-refractivity contribution in [1.82, 2.24) is 0 Å². The minimum Gasteiger partial charge on any atom is -0.494 e. The Bertz CT molecular complexity index is 701. The monoisotopic (exact) mass is 317 g/mol. The summed E-state index contributed by atoms with van der Waals surface area (Å²) in [6.45, 7) is 4.79. The van der Waals surface area contributed by atoms with Crippen molar-refractivity contribution in [3.63, 3.8) is 0 Å². The topological polar surface area (TPSA) is 61.6 Å². The Balaban J connectivity index is 2.45. The number of primary amides is 1. The number of rotatable bonds is 7. The van der Waals surface area contributed by atoms with Crippen molar-refractivity contribution < 1.29 is 18.7 Å². The highest BCUT2D eigenvalue weighted by molar-refractivity contribution is 5.97. The molecule has 122 valence electrons. The Morgan fingerprint density at radius 1 is 1.13 bits per heavy atom. The van der Waals surface area contributed by atoms with Gasteiger partial charge in [-0.2, -0.15) is 0 Å². The van der Waals surface area contributed by atoms with Crippen LogP contribution in [0.15, 0.2) is 36.4 Å². The van der Waals surface area contributed by atoms with Gasteiger partial charge in [0.25, 0.3) is 5.91 Å². The average Bonchev–Trinajstić information content (AvgIpc) is 2.54. The highest BCUT2D eigenvalue weighted by Gasteiger charge is 2.14. The molecule has 2 rings (SSSR count). The molecule has 1 amide bonds. The molecular formula is C18H20FNO3. The fourth-order valence-electron chi connectivity index (χ4n) is 2.21. The zero-order valence-corrected chi connectivity index (χ0v) is 13.3. The van der Waals surface area contributed by atoms with E-state index >= 15 is 0 Å². The lowest BCUT2D eigenvalue weighted by atomic mass is 10.0. The molecule has 0 saturated heterocycles. The summed E-state index contributed by atoms with van der Waals surface area (Å²) in [6.07, 6.45) is 0.810. The lowest BCUT2D eigenvalue weighted by molar-refractivity contribution is 0.0996. The van der Waals surface area contributed by atoms with Crippen LogP contribution in [0.3, 0.4) is 0 Å². The second-order valence-electron chi connectivity index (χ2n) is 5.00. The molecular weight excluding hydrogens is 297 g/mol. The number of ether oxygens (including phenoxy) is 2. The predicted octanol–water partition coefficient (Wildman–Crippen LogP) is 3.78. The molecule has 0 bridgehead atoms. The van der Waals surface area contributed by atoms with Crippen molar-refractivity contribution in [3.8, 4) is 22.6 Å². The van der Waals surface area contributed by atoms with E-state index in [4.69, 9.17) is 15.2 Å². The van der Waals surface area contributed by atoms with Gasteiger partial charge in [0, 0.05) is 5.56 Å². The second kappa shape index (κ2) is 7.63. The zero-order valence-electron chi connectivity index (χ0n) is 13.3. The Morgan fingerprint density at radius 2 is 1.91 bits per heavy atom. The fraction of sp³-hybridized carbons (Fsp3) is 0.278.